The first-order valence-electron chi connectivity index (χ1n) is 4.84. The van der Waals surface area contributed by atoms with E-state index in [1.54, 1.807) is 0 Å². The summed E-state index contributed by atoms with van der Waals surface area (Å²) < 4.78 is 1.32. The first kappa shape index (κ1) is 9.78. The molecule has 0 N–H and O–H groups in total. The van der Waals surface area contributed by atoms with Crippen LogP contribution in [-0.2, 0) is 6.42 Å². The number of allylic oxidation sites excluding steroid dienone is 1. The van der Waals surface area contributed by atoms with Crippen LogP contribution >= 0.6 is 15.9 Å². The third kappa shape index (κ3) is 1.59. The lowest BCUT2D eigenvalue weighted by atomic mass is 9.94. The highest BCUT2D eigenvalue weighted by Gasteiger charge is 2.17. The minimum atomic E-state index is 1.12. The van der Waals surface area contributed by atoms with Gasteiger partial charge in [-0.3, -0.25) is 0 Å². The molecule has 0 saturated heterocycles. The van der Waals surface area contributed by atoms with Gasteiger partial charge in [0.2, 0.25) is 0 Å². The molecule has 0 saturated carbocycles. The Hall–Kier alpha value is -0.760. The van der Waals surface area contributed by atoms with Gasteiger partial charge in [-0.2, -0.15) is 0 Å². The van der Waals surface area contributed by atoms with Crippen LogP contribution in [0, 0.1) is 0 Å². The van der Waals surface area contributed by atoms with Crippen molar-refractivity contribution >= 4 is 21.6 Å². The summed E-state index contributed by atoms with van der Waals surface area (Å²) in [5.41, 5.74) is 4.15. The Morgan fingerprint density at radius 2 is 1.86 bits per heavy atom. The fourth-order valence-electron chi connectivity index (χ4n) is 1.96. The summed E-state index contributed by atoms with van der Waals surface area (Å²) in [6, 6.07) is 8.64. The Labute approximate surface area is 93.6 Å². The van der Waals surface area contributed by atoms with Crippen molar-refractivity contribution in [1.29, 1.82) is 0 Å². The average Bonchev–Trinajstić information content (AvgIpc) is 2.17. The van der Waals surface area contributed by atoms with Crippen LogP contribution in [0.2, 0.25) is 0 Å². The maximum atomic E-state index is 3.66. The molecule has 0 radical (unpaired) electrons. The monoisotopic (exact) mass is 251 g/mol. The zero-order valence-corrected chi connectivity index (χ0v) is 10.1. The molecule has 0 aromatic heterocycles. The summed E-state index contributed by atoms with van der Waals surface area (Å²) in [6.07, 6.45) is 2.26. The molecule has 1 aliphatic rings. The van der Waals surface area contributed by atoms with Crippen LogP contribution in [0.15, 0.2) is 28.7 Å². The Morgan fingerprint density at radius 1 is 1.14 bits per heavy atom. The molecule has 1 aromatic rings. The third-order valence-electron chi connectivity index (χ3n) is 2.59. The zero-order chi connectivity index (χ0) is 10.1. The predicted octanol–water partition coefficient (Wildman–Crippen LogP) is 3.26. The highest BCUT2D eigenvalue weighted by molar-refractivity contribution is 9.11. The van der Waals surface area contributed by atoms with Crippen LogP contribution in [0.25, 0.3) is 5.70 Å². The number of hydrogen-bond donors (Lipinski definition) is 0. The van der Waals surface area contributed by atoms with Crippen molar-refractivity contribution in [3.63, 3.8) is 0 Å². The summed E-state index contributed by atoms with van der Waals surface area (Å²) in [7, 11) is 4.19. The molecule has 0 amide bonds. The largest absolute Gasteiger partial charge is 0.377 e. The predicted molar refractivity (Wildman–Crippen MR) is 64.3 cm³/mol. The molecule has 0 atom stereocenters. The standard InChI is InChI=1S/C12H14BrN/c1-14(2)12-10-6-4-3-5-9(10)7-8-11(12)13/h3-6H,7-8H2,1-2H3. The van der Waals surface area contributed by atoms with E-state index in [-0.39, 0.29) is 0 Å². The van der Waals surface area contributed by atoms with Crippen molar-refractivity contribution in [2.75, 3.05) is 14.1 Å². The van der Waals surface area contributed by atoms with Crippen molar-refractivity contribution < 1.29 is 0 Å². The Balaban J connectivity index is 2.56. The van der Waals surface area contributed by atoms with Gasteiger partial charge < -0.3 is 4.90 Å². The number of benzene rings is 1. The van der Waals surface area contributed by atoms with E-state index in [1.165, 1.54) is 21.3 Å². The van der Waals surface area contributed by atoms with E-state index in [1.807, 2.05) is 0 Å². The molecule has 1 aliphatic carbocycles. The van der Waals surface area contributed by atoms with Gasteiger partial charge in [-0.05, 0) is 18.4 Å². The first-order chi connectivity index (χ1) is 6.70. The number of hydrogen-bond acceptors (Lipinski definition) is 1. The van der Waals surface area contributed by atoms with E-state index >= 15 is 0 Å². The number of fused-ring (bicyclic) bond motifs is 1. The maximum Gasteiger partial charge on any atom is 0.0540 e. The van der Waals surface area contributed by atoms with Crippen molar-refractivity contribution in [1.82, 2.24) is 4.90 Å². The Morgan fingerprint density at radius 3 is 2.57 bits per heavy atom. The van der Waals surface area contributed by atoms with Crippen LogP contribution in [0.5, 0.6) is 0 Å². The van der Waals surface area contributed by atoms with Gasteiger partial charge in [0.25, 0.3) is 0 Å². The SMILES string of the molecule is CN(C)C1=C(Br)CCc2ccccc21. The molecule has 0 spiro atoms. The summed E-state index contributed by atoms with van der Waals surface area (Å²) >= 11 is 3.66. The second-order valence-corrected chi connectivity index (χ2v) is 4.76. The van der Waals surface area contributed by atoms with Gasteiger partial charge in [-0.15, -0.1) is 0 Å². The molecule has 0 bridgehead atoms. The highest BCUT2D eigenvalue weighted by atomic mass is 79.9. The minimum absolute atomic E-state index is 1.12. The van der Waals surface area contributed by atoms with Crippen LogP contribution in [0.1, 0.15) is 17.5 Å². The molecule has 0 unspecified atom stereocenters. The summed E-state index contributed by atoms with van der Waals surface area (Å²) in [5.74, 6) is 0. The summed E-state index contributed by atoms with van der Waals surface area (Å²) in [4.78, 5) is 2.18. The zero-order valence-electron chi connectivity index (χ0n) is 8.55. The van der Waals surface area contributed by atoms with E-state index in [0.717, 1.165) is 12.8 Å². The molecular formula is C12H14BrN. The minimum Gasteiger partial charge on any atom is -0.377 e. The number of nitrogens with zero attached hydrogens (tertiary/aromatic N) is 1. The van der Waals surface area contributed by atoms with Gasteiger partial charge in [-0.1, -0.05) is 40.2 Å². The Bertz CT molecular complexity index is 380. The first-order valence-corrected chi connectivity index (χ1v) is 5.63. The molecule has 0 heterocycles. The number of aryl methyl sites for hydroxylation is 1. The molecule has 1 aromatic carbocycles. The molecule has 0 fully saturated rings. The molecule has 2 heteroatoms. The molecule has 2 rings (SSSR count). The van der Waals surface area contributed by atoms with Crippen LogP contribution in [0.3, 0.4) is 0 Å². The highest BCUT2D eigenvalue weighted by Crippen LogP contribution is 2.35. The molecule has 74 valence electrons. The quantitative estimate of drug-likeness (QED) is 0.741. The topological polar surface area (TPSA) is 3.24 Å². The van der Waals surface area contributed by atoms with Crippen LogP contribution in [-0.4, -0.2) is 19.0 Å². The number of rotatable bonds is 1. The van der Waals surface area contributed by atoms with Crippen molar-refractivity contribution in [3.8, 4) is 0 Å². The summed E-state index contributed by atoms with van der Waals surface area (Å²) in [6.45, 7) is 0. The van der Waals surface area contributed by atoms with Crippen molar-refractivity contribution in [2.24, 2.45) is 0 Å². The van der Waals surface area contributed by atoms with E-state index in [4.69, 9.17) is 0 Å². The average molecular weight is 252 g/mol. The van der Waals surface area contributed by atoms with E-state index < -0.39 is 0 Å². The van der Waals surface area contributed by atoms with Gasteiger partial charge in [0, 0.05) is 24.1 Å². The smallest absolute Gasteiger partial charge is 0.0540 e. The van der Waals surface area contributed by atoms with E-state index in [0.29, 0.717) is 0 Å². The Kier molecular flexibility index (Phi) is 2.64. The fourth-order valence-corrected chi connectivity index (χ4v) is 2.73. The van der Waals surface area contributed by atoms with Gasteiger partial charge in [0.1, 0.15) is 0 Å². The normalized spacial score (nSPS) is 15.4. The number of halogens is 1. The second-order valence-electron chi connectivity index (χ2n) is 3.81. The van der Waals surface area contributed by atoms with Crippen LogP contribution < -0.4 is 0 Å². The second kappa shape index (κ2) is 3.77. The van der Waals surface area contributed by atoms with Gasteiger partial charge in [0.05, 0.1) is 5.70 Å². The van der Waals surface area contributed by atoms with Gasteiger partial charge in [-0.25, -0.2) is 0 Å². The van der Waals surface area contributed by atoms with Crippen molar-refractivity contribution in [2.45, 2.75) is 12.8 Å². The third-order valence-corrected chi connectivity index (χ3v) is 3.36. The fraction of sp³-hybridized carbons (Fsp3) is 0.333. The molecule has 0 aliphatic heterocycles. The van der Waals surface area contributed by atoms with Crippen molar-refractivity contribution in [3.05, 3.63) is 39.9 Å². The molecule has 14 heavy (non-hydrogen) atoms. The molecular weight excluding hydrogens is 238 g/mol. The maximum absolute atomic E-state index is 3.66. The lowest BCUT2D eigenvalue weighted by Gasteiger charge is -2.26. The summed E-state index contributed by atoms with van der Waals surface area (Å²) in [5, 5.41) is 0. The van der Waals surface area contributed by atoms with Gasteiger partial charge >= 0.3 is 0 Å². The lowest BCUT2D eigenvalue weighted by molar-refractivity contribution is 0.584. The van der Waals surface area contributed by atoms with Gasteiger partial charge in [0.15, 0.2) is 0 Å². The van der Waals surface area contributed by atoms with E-state index in [2.05, 4.69) is 59.2 Å². The lowest BCUT2D eigenvalue weighted by Crippen LogP contribution is -2.15. The van der Waals surface area contributed by atoms with E-state index in [9.17, 15) is 0 Å². The molecule has 1 nitrogen and oxygen atoms in total. The van der Waals surface area contributed by atoms with Crippen LogP contribution in [0.4, 0.5) is 0 Å².